The molecule has 0 saturated carbocycles. The first-order valence-electron chi connectivity index (χ1n) is 8.36. The van der Waals surface area contributed by atoms with E-state index in [2.05, 4.69) is 15.6 Å². The molecule has 0 saturated heterocycles. The van der Waals surface area contributed by atoms with Crippen molar-refractivity contribution in [3.05, 3.63) is 76.9 Å². The summed E-state index contributed by atoms with van der Waals surface area (Å²) in [7, 11) is 0. The third-order valence-corrected chi connectivity index (χ3v) is 4.33. The Balaban J connectivity index is 1.67. The molecule has 0 bridgehead atoms. The van der Waals surface area contributed by atoms with Crippen LogP contribution in [0, 0.1) is 0 Å². The zero-order chi connectivity index (χ0) is 19.2. The maximum atomic E-state index is 12.6. The van der Waals surface area contributed by atoms with Gasteiger partial charge in [0.15, 0.2) is 0 Å². The van der Waals surface area contributed by atoms with Crippen molar-refractivity contribution < 1.29 is 14.7 Å². The molecule has 3 N–H and O–H groups in total. The molecule has 0 aliphatic carbocycles. The Morgan fingerprint density at radius 2 is 1.81 bits per heavy atom. The summed E-state index contributed by atoms with van der Waals surface area (Å²) in [6, 6.07) is 14.8. The largest absolute Gasteiger partial charge is 0.394 e. The highest BCUT2D eigenvalue weighted by atomic mass is 35.5. The fourth-order valence-electron chi connectivity index (χ4n) is 2.64. The number of para-hydroxylation sites is 1. The number of hydrogen-bond donors (Lipinski definition) is 3. The fourth-order valence-corrected chi connectivity index (χ4v) is 2.76. The van der Waals surface area contributed by atoms with Crippen molar-refractivity contribution in [2.75, 3.05) is 6.61 Å². The van der Waals surface area contributed by atoms with Gasteiger partial charge in [-0.15, -0.1) is 0 Å². The smallest absolute Gasteiger partial charge is 0.252 e. The van der Waals surface area contributed by atoms with Crippen LogP contribution < -0.4 is 10.6 Å². The van der Waals surface area contributed by atoms with E-state index in [4.69, 9.17) is 11.6 Å². The Labute approximate surface area is 161 Å². The number of benzene rings is 2. The van der Waals surface area contributed by atoms with Crippen molar-refractivity contribution in [2.45, 2.75) is 12.6 Å². The molecule has 1 unspecified atom stereocenters. The van der Waals surface area contributed by atoms with Crippen LogP contribution in [-0.4, -0.2) is 34.6 Å². The van der Waals surface area contributed by atoms with E-state index in [1.54, 1.807) is 42.5 Å². The molecule has 1 atom stereocenters. The monoisotopic (exact) mass is 383 g/mol. The summed E-state index contributed by atoms with van der Waals surface area (Å²) >= 11 is 5.83. The Bertz CT molecular complexity index is 955. The SMILES string of the molecule is O=C(NC(CO)C(=O)NCc1ccc(Cl)cc1)c1ccnc2ccccc12. The molecule has 2 aromatic carbocycles. The number of aromatic nitrogens is 1. The van der Waals surface area contributed by atoms with Crippen molar-refractivity contribution in [1.82, 2.24) is 15.6 Å². The van der Waals surface area contributed by atoms with Crippen LogP contribution in [0.2, 0.25) is 5.02 Å². The molecular weight excluding hydrogens is 366 g/mol. The predicted octanol–water partition coefficient (Wildman–Crippen LogP) is 2.30. The lowest BCUT2D eigenvalue weighted by Gasteiger charge is -2.17. The summed E-state index contributed by atoms with van der Waals surface area (Å²) < 4.78 is 0. The quantitative estimate of drug-likeness (QED) is 0.609. The molecule has 0 aliphatic rings. The highest BCUT2D eigenvalue weighted by molar-refractivity contribution is 6.30. The summed E-state index contributed by atoms with van der Waals surface area (Å²) in [5, 5.41) is 16.1. The summed E-state index contributed by atoms with van der Waals surface area (Å²) in [6.07, 6.45) is 1.53. The molecule has 1 aromatic heterocycles. The first-order chi connectivity index (χ1) is 13.1. The van der Waals surface area contributed by atoms with Gasteiger partial charge in [-0.2, -0.15) is 0 Å². The van der Waals surface area contributed by atoms with E-state index in [0.717, 1.165) is 5.56 Å². The maximum Gasteiger partial charge on any atom is 0.252 e. The minimum absolute atomic E-state index is 0.264. The van der Waals surface area contributed by atoms with Crippen molar-refractivity contribution >= 4 is 34.3 Å². The van der Waals surface area contributed by atoms with Crippen LogP contribution >= 0.6 is 11.6 Å². The minimum atomic E-state index is -1.06. The summed E-state index contributed by atoms with van der Waals surface area (Å²) in [6.45, 7) is -0.248. The van der Waals surface area contributed by atoms with Crippen molar-refractivity contribution in [2.24, 2.45) is 0 Å². The van der Waals surface area contributed by atoms with Gasteiger partial charge in [0, 0.05) is 23.2 Å². The lowest BCUT2D eigenvalue weighted by Crippen LogP contribution is -2.48. The number of fused-ring (bicyclic) bond motifs is 1. The average Bonchev–Trinajstić information content (AvgIpc) is 2.70. The molecule has 3 aromatic rings. The number of nitrogens with one attached hydrogen (secondary N) is 2. The van der Waals surface area contributed by atoms with Gasteiger partial charge in [0.25, 0.3) is 5.91 Å². The predicted molar refractivity (Wildman–Crippen MR) is 103 cm³/mol. The number of aliphatic hydroxyl groups is 1. The first kappa shape index (κ1) is 18.8. The zero-order valence-corrected chi connectivity index (χ0v) is 15.1. The van der Waals surface area contributed by atoms with Crippen LogP contribution in [0.1, 0.15) is 15.9 Å². The molecule has 2 amide bonds. The van der Waals surface area contributed by atoms with Crippen LogP contribution in [0.3, 0.4) is 0 Å². The normalized spacial score (nSPS) is 11.8. The first-order valence-corrected chi connectivity index (χ1v) is 8.74. The molecule has 0 spiro atoms. The number of carbonyl (C=O) groups excluding carboxylic acids is 2. The molecule has 3 rings (SSSR count). The van der Waals surface area contributed by atoms with Crippen molar-refractivity contribution in [3.63, 3.8) is 0 Å². The van der Waals surface area contributed by atoms with Gasteiger partial charge in [0.05, 0.1) is 17.7 Å². The van der Waals surface area contributed by atoms with Gasteiger partial charge in [-0.05, 0) is 29.8 Å². The van der Waals surface area contributed by atoms with Crippen LogP contribution in [0.15, 0.2) is 60.8 Å². The summed E-state index contributed by atoms with van der Waals surface area (Å²) in [5.41, 5.74) is 1.93. The molecule has 27 heavy (non-hydrogen) atoms. The number of pyridine rings is 1. The van der Waals surface area contributed by atoms with Gasteiger partial charge in [-0.3, -0.25) is 14.6 Å². The summed E-state index contributed by atoms with van der Waals surface area (Å²) in [5.74, 6) is -0.923. The Hall–Kier alpha value is -2.96. The zero-order valence-electron chi connectivity index (χ0n) is 14.4. The minimum Gasteiger partial charge on any atom is -0.394 e. The lowest BCUT2D eigenvalue weighted by atomic mass is 10.1. The summed E-state index contributed by atoms with van der Waals surface area (Å²) in [4.78, 5) is 29.1. The van der Waals surface area contributed by atoms with Crippen LogP contribution in [-0.2, 0) is 11.3 Å². The van der Waals surface area contributed by atoms with Gasteiger partial charge in [0.2, 0.25) is 5.91 Å². The van der Waals surface area contributed by atoms with Gasteiger partial charge >= 0.3 is 0 Å². The molecule has 0 fully saturated rings. The van der Waals surface area contributed by atoms with Crippen molar-refractivity contribution in [1.29, 1.82) is 0 Å². The number of amides is 2. The van der Waals surface area contributed by atoms with Gasteiger partial charge in [-0.1, -0.05) is 41.9 Å². The standard InChI is InChI=1S/C20H18ClN3O3/c21-14-7-5-13(6-8-14)11-23-20(27)18(12-25)24-19(26)16-9-10-22-17-4-2-1-3-15(16)17/h1-10,18,25H,11-12H2,(H,23,27)(H,24,26). The van der Waals surface area contributed by atoms with E-state index in [0.29, 0.717) is 21.5 Å². The average molecular weight is 384 g/mol. The van der Waals surface area contributed by atoms with Gasteiger partial charge in [0.1, 0.15) is 6.04 Å². The van der Waals surface area contributed by atoms with Gasteiger partial charge < -0.3 is 15.7 Å². The van der Waals surface area contributed by atoms with Crippen LogP contribution in [0.5, 0.6) is 0 Å². The molecule has 1 heterocycles. The third kappa shape index (κ3) is 4.61. The maximum absolute atomic E-state index is 12.6. The molecule has 6 nitrogen and oxygen atoms in total. The number of hydrogen-bond acceptors (Lipinski definition) is 4. The second-order valence-corrected chi connectivity index (χ2v) is 6.36. The van der Waals surface area contributed by atoms with E-state index in [1.807, 2.05) is 12.1 Å². The lowest BCUT2D eigenvalue weighted by molar-refractivity contribution is -0.124. The number of rotatable bonds is 6. The van der Waals surface area contributed by atoms with Crippen molar-refractivity contribution in [3.8, 4) is 0 Å². The fraction of sp³-hybridized carbons (Fsp3) is 0.150. The van der Waals surface area contributed by atoms with E-state index < -0.39 is 24.5 Å². The van der Waals surface area contributed by atoms with E-state index in [1.165, 1.54) is 6.20 Å². The number of carbonyl (C=O) groups is 2. The topological polar surface area (TPSA) is 91.3 Å². The molecule has 138 valence electrons. The number of aliphatic hydroxyl groups excluding tert-OH is 1. The molecular formula is C20H18ClN3O3. The second-order valence-electron chi connectivity index (χ2n) is 5.93. The Kier molecular flexibility index (Phi) is 6.01. The van der Waals surface area contributed by atoms with E-state index >= 15 is 0 Å². The Morgan fingerprint density at radius 1 is 1.07 bits per heavy atom. The van der Waals surface area contributed by atoms with E-state index in [-0.39, 0.29) is 6.54 Å². The third-order valence-electron chi connectivity index (χ3n) is 4.08. The van der Waals surface area contributed by atoms with E-state index in [9.17, 15) is 14.7 Å². The second kappa shape index (κ2) is 8.62. The Morgan fingerprint density at radius 3 is 2.56 bits per heavy atom. The molecule has 0 aliphatic heterocycles. The van der Waals surface area contributed by atoms with Gasteiger partial charge in [-0.25, -0.2) is 0 Å². The molecule has 0 radical (unpaired) electrons. The highest BCUT2D eigenvalue weighted by Gasteiger charge is 2.21. The highest BCUT2D eigenvalue weighted by Crippen LogP contribution is 2.16. The van der Waals surface area contributed by atoms with Crippen LogP contribution in [0.25, 0.3) is 10.9 Å². The number of nitrogens with zero attached hydrogens (tertiary/aromatic N) is 1. The number of halogens is 1. The van der Waals surface area contributed by atoms with Crippen LogP contribution in [0.4, 0.5) is 0 Å². The molecule has 7 heteroatoms.